The molecule has 40 heavy (non-hydrogen) atoms. The van der Waals surface area contributed by atoms with Crippen molar-refractivity contribution in [1.82, 2.24) is 0 Å². The molecule has 0 radical (unpaired) electrons. The van der Waals surface area contributed by atoms with Crippen molar-refractivity contribution in [3.63, 3.8) is 0 Å². The van der Waals surface area contributed by atoms with Crippen molar-refractivity contribution in [2.75, 3.05) is 28.0 Å². The topological polar surface area (TPSA) is 122 Å². The van der Waals surface area contributed by atoms with Crippen molar-refractivity contribution in [1.29, 1.82) is 0 Å². The van der Waals surface area contributed by atoms with Crippen LogP contribution in [0.3, 0.4) is 0 Å². The van der Waals surface area contributed by atoms with E-state index in [1.165, 1.54) is 49.6 Å². The van der Waals surface area contributed by atoms with Crippen LogP contribution in [-0.4, -0.2) is 36.4 Å². The minimum Gasteiger partial charge on any atom is -0.495 e. The summed E-state index contributed by atoms with van der Waals surface area (Å²) in [6.45, 7) is 1.24. The molecule has 0 aromatic heterocycles. The van der Waals surface area contributed by atoms with E-state index in [1.807, 2.05) is 6.92 Å². The maximum atomic E-state index is 14.1. The number of carbonyl (C=O) groups excluding carboxylic acids is 1. The Bertz CT molecular complexity index is 1840. The lowest BCUT2D eigenvalue weighted by Gasteiger charge is -2.31. The number of fused-ring (bicyclic) bond motifs is 3. The van der Waals surface area contributed by atoms with Gasteiger partial charge in [-0.2, -0.15) is 0 Å². The molecule has 0 aliphatic carbocycles. The molecule has 0 saturated heterocycles. The van der Waals surface area contributed by atoms with Crippen molar-refractivity contribution in [2.24, 2.45) is 0 Å². The molecule has 4 aromatic rings. The van der Waals surface area contributed by atoms with Crippen LogP contribution in [0.5, 0.6) is 5.75 Å². The first kappa shape index (κ1) is 27.2. The van der Waals surface area contributed by atoms with Gasteiger partial charge in [-0.1, -0.05) is 24.3 Å². The van der Waals surface area contributed by atoms with Crippen molar-refractivity contribution < 1.29 is 30.8 Å². The average molecular weight is 582 g/mol. The Morgan fingerprint density at radius 3 is 2.40 bits per heavy atom. The first-order chi connectivity index (χ1) is 19.0. The number of methoxy groups -OCH3 is 1. The van der Waals surface area contributed by atoms with Gasteiger partial charge in [0, 0.05) is 16.8 Å². The molecule has 4 aromatic carbocycles. The van der Waals surface area contributed by atoms with E-state index in [4.69, 9.17) is 4.74 Å². The fraction of sp³-hybridized carbons (Fsp3) is 0.107. The lowest BCUT2D eigenvalue weighted by atomic mass is 10.0. The first-order valence-electron chi connectivity index (χ1n) is 12.0. The van der Waals surface area contributed by atoms with Crippen molar-refractivity contribution in [3.8, 4) is 16.9 Å². The number of rotatable bonds is 7. The molecule has 0 fully saturated rings. The minimum absolute atomic E-state index is 0.0341. The highest BCUT2D eigenvalue weighted by Crippen LogP contribution is 2.43. The number of ether oxygens (including phenoxy) is 1. The van der Waals surface area contributed by atoms with E-state index in [-0.39, 0.29) is 26.9 Å². The normalized spacial score (nSPS) is 13.6. The number of anilines is 3. The van der Waals surface area contributed by atoms with Crippen LogP contribution in [0.2, 0.25) is 0 Å². The molecule has 9 nitrogen and oxygen atoms in total. The maximum absolute atomic E-state index is 14.1. The van der Waals surface area contributed by atoms with Gasteiger partial charge >= 0.3 is 0 Å². The number of aryl methyl sites for hydroxylation is 1. The number of halogens is 1. The first-order valence-corrected chi connectivity index (χ1v) is 14.9. The van der Waals surface area contributed by atoms with Gasteiger partial charge in [0.05, 0.1) is 28.3 Å². The third kappa shape index (κ3) is 5.10. The van der Waals surface area contributed by atoms with Crippen LogP contribution in [0.25, 0.3) is 11.1 Å². The highest BCUT2D eigenvalue weighted by molar-refractivity contribution is 7.93. The lowest BCUT2D eigenvalue weighted by molar-refractivity contribution is -0.114. The summed E-state index contributed by atoms with van der Waals surface area (Å²) in [5.74, 6) is -0.850. The summed E-state index contributed by atoms with van der Waals surface area (Å²) < 4.78 is 75.3. The highest BCUT2D eigenvalue weighted by Gasteiger charge is 2.36. The number of nitrogens with zero attached hydrogens (tertiary/aromatic N) is 1. The molecule has 5 rings (SSSR count). The molecule has 0 spiro atoms. The van der Waals surface area contributed by atoms with Crippen molar-refractivity contribution >= 4 is 43.0 Å². The molecule has 12 heteroatoms. The monoisotopic (exact) mass is 581 g/mol. The summed E-state index contributed by atoms with van der Waals surface area (Å²) in [6, 6.07) is 20.4. The average Bonchev–Trinajstić information content (AvgIpc) is 2.91. The van der Waals surface area contributed by atoms with E-state index < -0.39 is 38.3 Å². The van der Waals surface area contributed by atoms with Gasteiger partial charge in [-0.25, -0.2) is 21.2 Å². The standard InChI is InChI=1S/C28H24FN3O6S2/c1-18-7-14-26(38-2)24(15-18)31-39(34,35)21-11-9-20(10-12-21)30-28(33)17-32-25-13-8-19(29)16-23(25)22-5-3-4-6-27(22)40(32,36)37/h3-16,31H,17H2,1-2H3,(H,30,33). The fourth-order valence-electron chi connectivity index (χ4n) is 4.43. The van der Waals surface area contributed by atoms with Gasteiger partial charge < -0.3 is 10.1 Å². The van der Waals surface area contributed by atoms with E-state index in [0.29, 0.717) is 16.9 Å². The summed E-state index contributed by atoms with van der Waals surface area (Å²) in [4.78, 5) is 12.9. The number of amides is 1. The molecule has 0 unspecified atom stereocenters. The van der Waals surface area contributed by atoms with E-state index in [2.05, 4.69) is 10.0 Å². The minimum atomic E-state index is -4.11. The Hall–Kier alpha value is -4.42. The highest BCUT2D eigenvalue weighted by atomic mass is 32.2. The summed E-state index contributed by atoms with van der Waals surface area (Å²) >= 11 is 0. The van der Waals surface area contributed by atoms with Gasteiger partial charge in [0.25, 0.3) is 20.0 Å². The van der Waals surface area contributed by atoms with Gasteiger partial charge in [0.15, 0.2) is 0 Å². The van der Waals surface area contributed by atoms with Gasteiger partial charge in [0.1, 0.15) is 18.1 Å². The molecule has 2 N–H and O–H groups in total. The number of hydrogen-bond donors (Lipinski definition) is 2. The number of hydrogen-bond acceptors (Lipinski definition) is 6. The Morgan fingerprint density at radius 2 is 1.68 bits per heavy atom. The number of carbonyl (C=O) groups is 1. The number of benzene rings is 4. The third-order valence-electron chi connectivity index (χ3n) is 6.31. The van der Waals surface area contributed by atoms with Crippen molar-refractivity contribution in [2.45, 2.75) is 16.7 Å². The predicted molar refractivity (Wildman–Crippen MR) is 150 cm³/mol. The van der Waals surface area contributed by atoms with Crippen LogP contribution in [0, 0.1) is 12.7 Å². The zero-order valence-electron chi connectivity index (χ0n) is 21.4. The SMILES string of the molecule is COc1ccc(C)cc1NS(=O)(=O)c1ccc(NC(=O)CN2c3ccc(F)cc3-c3ccccc3S2(=O)=O)cc1. The van der Waals surface area contributed by atoms with E-state index in [0.717, 1.165) is 15.9 Å². The molecule has 1 heterocycles. The van der Waals surface area contributed by atoms with Crippen LogP contribution in [0.1, 0.15) is 5.56 Å². The van der Waals surface area contributed by atoms with Gasteiger partial charge in [-0.3, -0.25) is 13.8 Å². The molecule has 0 bridgehead atoms. The van der Waals surface area contributed by atoms with E-state index in [1.54, 1.807) is 36.4 Å². The van der Waals surface area contributed by atoms with Crippen molar-refractivity contribution in [3.05, 3.63) is 96.3 Å². The van der Waals surface area contributed by atoms with Gasteiger partial charge in [-0.15, -0.1) is 0 Å². The molecule has 0 atom stereocenters. The van der Waals surface area contributed by atoms with Gasteiger partial charge in [-0.05, 0) is 73.2 Å². The zero-order chi connectivity index (χ0) is 28.7. The number of sulfonamides is 2. The van der Waals surface area contributed by atoms with E-state index >= 15 is 0 Å². The summed E-state index contributed by atoms with van der Waals surface area (Å²) in [7, 11) is -6.65. The maximum Gasteiger partial charge on any atom is 0.265 e. The smallest absolute Gasteiger partial charge is 0.265 e. The summed E-state index contributed by atoms with van der Waals surface area (Å²) in [6.07, 6.45) is 0. The predicted octanol–water partition coefficient (Wildman–Crippen LogP) is 4.76. The Kier molecular flexibility index (Phi) is 6.98. The molecule has 1 aliphatic heterocycles. The molecule has 1 amide bonds. The van der Waals surface area contributed by atoms with Crippen LogP contribution in [0.4, 0.5) is 21.5 Å². The van der Waals surface area contributed by atoms with Crippen LogP contribution in [0.15, 0.2) is 94.7 Å². The largest absolute Gasteiger partial charge is 0.495 e. The molecule has 206 valence electrons. The zero-order valence-corrected chi connectivity index (χ0v) is 23.0. The number of nitrogens with one attached hydrogen (secondary N) is 2. The Morgan fingerprint density at radius 1 is 0.950 bits per heavy atom. The second kappa shape index (κ2) is 10.3. The molecule has 0 saturated carbocycles. The third-order valence-corrected chi connectivity index (χ3v) is 9.51. The lowest BCUT2D eigenvalue weighted by Crippen LogP contribution is -2.40. The van der Waals surface area contributed by atoms with Crippen LogP contribution in [-0.2, 0) is 24.8 Å². The Labute approximate surface area is 231 Å². The summed E-state index contributed by atoms with van der Waals surface area (Å²) in [5.41, 5.74) is 2.25. The quantitative estimate of drug-likeness (QED) is 0.325. The Balaban J connectivity index is 1.35. The van der Waals surface area contributed by atoms with Crippen LogP contribution < -0.4 is 19.1 Å². The molecule has 1 aliphatic rings. The fourth-order valence-corrected chi connectivity index (χ4v) is 7.14. The van der Waals surface area contributed by atoms with E-state index in [9.17, 15) is 26.0 Å². The second-order valence-electron chi connectivity index (χ2n) is 9.05. The van der Waals surface area contributed by atoms with Gasteiger partial charge in [0.2, 0.25) is 5.91 Å². The molecular formula is C28H24FN3O6S2. The molecular weight excluding hydrogens is 557 g/mol. The summed E-state index contributed by atoms with van der Waals surface area (Å²) in [5, 5.41) is 2.59. The van der Waals surface area contributed by atoms with Crippen LogP contribution >= 0.6 is 0 Å². The second-order valence-corrected chi connectivity index (χ2v) is 12.6.